The van der Waals surface area contributed by atoms with Gasteiger partial charge in [0.25, 0.3) is 0 Å². The molecule has 11 rings (SSSR count). The molecule has 9 aromatic rings. The van der Waals surface area contributed by atoms with E-state index >= 15 is 0 Å². The van der Waals surface area contributed by atoms with Crippen molar-refractivity contribution in [2.24, 2.45) is 14.1 Å². The highest BCUT2D eigenvalue weighted by Gasteiger charge is 2.31. The molecule has 6 heteroatoms. The Balaban J connectivity index is 0.00000101. The normalized spacial score (nSPS) is 12.9. The van der Waals surface area contributed by atoms with Crippen LogP contribution in [0.5, 0.6) is 0 Å². The number of rotatable bonds is 4. The maximum Gasteiger partial charge on any atom is 0.213 e. The maximum atomic E-state index is 2.47. The smallest absolute Gasteiger partial charge is 0.213 e. The summed E-state index contributed by atoms with van der Waals surface area (Å²) >= 11 is 0. The number of fused-ring (bicyclic) bond motifs is 3. The number of hydrogen-bond acceptors (Lipinski definition) is 4. The number of hydrogen-bond donors (Lipinski definition) is 0. The Kier molecular flexibility index (Phi) is 39.6. The van der Waals surface area contributed by atoms with Crippen LogP contribution in [0.15, 0.2) is 194 Å². The number of aryl methyl sites for hydroxylation is 6. The van der Waals surface area contributed by atoms with Crippen LogP contribution in [0.3, 0.4) is 0 Å². The van der Waals surface area contributed by atoms with Crippen LogP contribution in [0.1, 0.15) is 147 Å². The molecule has 2 aliphatic rings. The van der Waals surface area contributed by atoms with Crippen molar-refractivity contribution < 1.29 is 9.13 Å². The van der Waals surface area contributed by atoms with Crippen molar-refractivity contribution in [3.8, 4) is 22.5 Å². The standard InChI is InChI=1S/2C17H16N.C16H18N2.C12H18N2.8C2H6/c1-13-7-3-6-10-16(13)17-11-14-8-4-5-9-15(14)12-18(17)2;1-13-7-3-5-9-15(13)17-12-11-14-8-4-6-10-16(14)18(17)2;1-12-8-4-5-9-14(12)18-13(2)17(3)15-10-6-7-11-16(15)18;1-10-6-4-5-7-12(10)14-9-8-13(3)11(14)2;8*1-2/h2*3-12H,1-2H3;4-11,13H,1-3H3;4-7,11H,8-9H2,1-3H3;8*1-2H3/q2*+1;;;;;;;;;;/t;;13-;11-;;;;;;;;/m..00......../s1. The SMILES string of the molecule is CC.CC.CC.CC.CC.CC.CC.CC.Cc1ccccc1-c1cc2ccccc2c[n+]1C.Cc1ccccc1-c1ccc2ccccc2[n+]1C.Cc1ccccc1N1CCN(C)[C@@H]1C.Cc1ccccc1N1c2ccccc2N(C)[C@@H]1C. The zero-order valence-electron chi connectivity index (χ0n) is 57.7. The molecule has 1 saturated heterocycles. The van der Waals surface area contributed by atoms with Crippen LogP contribution < -0.4 is 23.8 Å². The number of pyridine rings is 2. The van der Waals surface area contributed by atoms with E-state index in [1.54, 1.807) is 0 Å². The fraction of sp³-hybridized carbons (Fsp3) is 0.385. The molecule has 0 spiro atoms. The summed E-state index contributed by atoms with van der Waals surface area (Å²) in [6.07, 6.45) is 3.07. The summed E-state index contributed by atoms with van der Waals surface area (Å²) in [6, 6.07) is 66.4. The number of benzene rings is 7. The fourth-order valence-electron chi connectivity index (χ4n) is 9.68. The number of anilines is 4. The van der Waals surface area contributed by atoms with Crippen LogP contribution in [0.4, 0.5) is 22.7 Å². The van der Waals surface area contributed by atoms with E-state index in [1.807, 2.05) is 111 Å². The Bertz CT molecular complexity index is 3110. The monoisotopic (exact) mass is 1140 g/mol. The molecule has 0 unspecified atom stereocenters. The molecule has 0 saturated carbocycles. The molecule has 0 bridgehead atoms. The van der Waals surface area contributed by atoms with E-state index in [0.29, 0.717) is 12.3 Å². The van der Waals surface area contributed by atoms with Gasteiger partial charge in [0, 0.05) is 71.6 Å². The third-order valence-electron chi connectivity index (χ3n) is 14.0. The highest BCUT2D eigenvalue weighted by Crippen LogP contribution is 2.43. The minimum Gasteiger partial charge on any atom is -0.355 e. The number of para-hydroxylation sites is 5. The van der Waals surface area contributed by atoms with Crippen molar-refractivity contribution in [3.05, 3.63) is 217 Å². The molecule has 0 N–H and O–H groups in total. The van der Waals surface area contributed by atoms with E-state index in [2.05, 4.69) is 293 Å². The minimum absolute atomic E-state index is 0.350. The Hall–Kier alpha value is -7.28. The summed E-state index contributed by atoms with van der Waals surface area (Å²) in [4.78, 5) is 9.58. The first-order chi connectivity index (χ1) is 40.9. The van der Waals surface area contributed by atoms with Crippen molar-refractivity contribution in [2.75, 3.05) is 41.9 Å². The molecular weight excluding hydrogens is 1020 g/mol. The van der Waals surface area contributed by atoms with E-state index in [-0.39, 0.29) is 0 Å². The zero-order valence-corrected chi connectivity index (χ0v) is 57.7. The van der Waals surface area contributed by atoms with Crippen LogP contribution in [0, 0.1) is 27.7 Å². The molecule has 2 aromatic heterocycles. The predicted molar refractivity (Wildman–Crippen MR) is 380 cm³/mol. The molecule has 456 valence electrons. The van der Waals surface area contributed by atoms with Crippen LogP contribution in [-0.2, 0) is 14.1 Å². The Labute approximate surface area is 515 Å². The lowest BCUT2D eigenvalue weighted by molar-refractivity contribution is -0.659. The van der Waals surface area contributed by atoms with Crippen molar-refractivity contribution in [1.82, 2.24) is 4.90 Å². The summed E-state index contributed by atoms with van der Waals surface area (Å²) in [6.45, 7) is 47.5. The number of likely N-dealkylation sites (N-methyl/N-ethyl adjacent to an activating group) is 1. The highest BCUT2D eigenvalue weighted by molar-refractivity contribution is 5.85. The molecule has 0 radical (unpaired) electrons. The van der Waals surface area contributed by atoms with Crippen molar-refractivity contribution in [1.29, 1.82) is 0 Å². The van der Waals surface area contributed by atoms with Gasteiger partial charge < -0.3 is 14.7 Å². The molecule has 0 aliphatic carbocycles. The van der Waals surface area contributed by atoms with Crippen molar-refractivity contribution in [3.63, 3.8) is 0 Å². The minimum atomic E-state index is 0.350. The van der Waals surface area contributed by atoms with Gasteiger partial charge in [-0.2, -0.15) is 4.57 Å². The number of nitrogens with zero attached hydrogens (tertiary/aromatic N) is 6. The molecule has 2 aliphatic heterocycles. The Morgan fingerprint density at radius 1 is 0.357 bits per heavy atom. The van der Waals surface area contributed by atoms with Crippen molar-refractivity contribution >= 4 is 44.4 Å². The van der Waals surface area contributed by atoms with E-state index in [1.165, 1.54) is 89.2 Å². The van der Waals surface area contributed by atoms with Gasteiger partial charge in [-0.3, -0.25) is 4.90 Å². The van der Waals surface area contributed by atoms with Crippen molar-refractivity contribution in [2.45, 2.75) is 165 Å². The molecule has 1 fully saturated rings. The quantitative estimate of drug-likeness (QED) is 0.164. The van der Waals surface area contributed by atoms with Crippen LogP contribution in [0.25, 0.3) is 44.2 Å². The fourth-order valence-corrected chi connectivity index (χ4v) is 9.68. The van der Waals surface area contributed by atoms with Gasteiger partial charge in [-0.25, -0.2) is 4.57 Å². The van der Waals surface area contributed by atoms with Gasteiger partial charge >= 0.3 is 0 Å². The van der Waals surface area contributed by atoms with Gasteiger partial charge in [-0.15, -0.1) is 0 Å². The third kappa shape index (κ3) is 20.8. The first-order valence-corrected chi connectivity index (χ1v) is 32.0. The zero-order chi connectivity index (χ0) is 63.9. The largest absolute Gasteiger partial charge is 0.355 e. The van der Waals surface area contributed by atoms with Crippen LogP contribution >= 0.6 is 0 Å². The molecule has 84 heavy (non-hydrogen) atoms. The molecule has 6 nitrogen and oxygen atoms in total. The van der Waals surface area contributed by atoms with Crippen LogP contribution in [-0.4, -0.2) is 44.4 Å². The highest BCUT2D eigenvalue weighted by atomic mass is 15.4. The van der Waals surface area contributed by atoms with Gasteiger partial charge in [0.05, 0.1) is 17.5 Å². The third-order valence-corrected chi connectivity index (χ3v) is 14.0. The summed E-state index contributed by atoms with van der Waals surface area (Å²) in [5.41, 5.74) is 16.9. The lowest BCUT2D eigenvalue weighted by Gasteiger charge is -2.28. The van der Waals surface area contributed by atoms with Gasteiger partial charge in [0.2, 0.25) is 16.9 Å². The van der Waals surface area contributed by atoms with E-state index < -0.39 is 0 Å². The van der Waals surface area contributed by atoms with Gasteiger partial charge in [-0.1, -0.05) is 226 Å². The summed E-state index contributed by atoms with van der Waals surface area (Å²) < 4.78 is 4.46. The average Bonchev–Trinajstić information content (AvgIpc) is 4.21. The maximum absolute atomic E-state index is 2.47. The predicted octanol–water partition coefficient (Wildman–Crippen LogP) is 21.5. The van der Waals surface area contributed by atoms with E-state index in [4.69, 9.17) is 0 Å². The summed E-state index contributed by atoms with van der Waals surface area (Å²) in [7, 11) is 8.57. The molecular formula is C78H116N6+2. The Morgan fingerprint density at radius 3 is 1.23 bits per heavy atom. The first-order valence-electron chi connectivity index (χ1n) is 32.0. The topological polar surface area (TPSA) is 20.7 Å². The lowest BCUT2D eigenvalue weighted by Crippen LogP contribution is -2.35. The molecule has 2 atom stereocenters. The second kappa shape index (κ2) is 43.4. The molecule has 4 heterocycles. The van der Waals surface area contributed by atoms with Gasteiger partial charge in [0.1, 0.15) is 20.3 Å². The lowest BCUT2D eigenvalue weighted by atomic mass is 10.0. The Morgan fingerprint density at radius 2 is 0.750 bits per heavy atom. The average molecular weight is 1140 g/mol. The van der Waals surface area contributed by atoms with Gasteiger partial charge in [-0.05, 0) is 131 Å². The number of aromatic nitrogens is 2. The molecule has 0 amide bonds. The van der Waals surface area contributed by atoms with E-state index in [9.17, 15) is 0 Å². The first kappa shape index (κ1) is 76.7. The summed E-state index contributed by atoms with van der Waals surface area (Å²) in [5, 5.41) is 3.84. The van der Waals surface area contributed by atoms with Crippen LogP contribution in [0.2, 0.25) is 0 Å². The molecule has 7 aromatic carbocycles. The van der Waals surface area contributed by atoms with E-state index in [0.717, 1.165) is 13.1 Å². The second-order valence-electron chi connectivity index (χ2n) is 18.3. The summed E-state index contributed by atoms with van der Waals surface area (Å²) in [5.74, 6) is 0. The van der Waals surface area contributed by atoms with Gasteiger partial charge in [0.15, 0.2) is 6.20 Å². The second-order valence-corrected chi connectivity index (χ2v) is 18.3.